The second kappa shape index (κ2) is 7.19. The highest BCUT2D eigenvalue weighted by Gasteiger charge is 2.49. The summed E-state index contributed by atoms with van der Waals surface area (Å²) in [5.74, 6) is 2.47. The number of thioether (sulfide) groups is 1. The van der Waals surface area contributed by atoms with Gasteiger partial charge in [0.15, 0.2) is 6.23 Å². The van der Waals surface area contributed by atoms with Crippen molar-refractivity contribution in [1.29, 1.82) is 0 Å². The van der Waals surface area contributed by atoms with Gasteiger partial charge in [-0.3, -0.25) is 4.99 Å². The Morgan fingerprint density at radius 2 is 2.25 bits per heavy atom. The van der Waals surface area contributed by atoms with Crippen molar-refractivity contribution in [1.82, 2.24) is 5.32 Å². The SMILES string of the molecule is [2H]C([2H])([2H])C1=NC2OC3=C(C4NCC=C5SCC(C([2H])([2H])C(C)(C)C)[C@@H]54)CCC[C@H]3C2CC1. The Morgan fingerprint density at radius 1 is 1.36 bits per heavy atom. The summed E-state index contributed by atoms with van der Waals surface area (Å²) in [6, 6.07) is 0.0754. The van der Waals surface area contributed by atoms with Gasteiger partial charge in [0.25, 0.3) is 0 Å². The molecular weight excluding hydrogens is 364 g/mol. The molecule has 1 aliphatic carbocycles. The minimum Gasteiger partial charge on any atom is -0.472 e. The number of hydrogen-bond donors (Lipinski definition) is 1. The summed E-state index contributed by atoms with van der Waals surface area (Å²) in [6.45, 7) is 4.68. The fourth-order valence-electron chi connectivity index (χ4n) is 5.91. The van der Waals surface area contributed by atoms with Gasteiger partial charge < -0.3 is 10.1 Å². The lowest BCUT2D eigenvalue weighted by molar-refractivity contribution is 0.126. The van der Waals surface area contributed by atoms with Crippen LogP contribution in [0.1, 0.15) is 73.0 Å². The Hall–Kier alpha value is -0.740. The third-order valence-electron chi connectivity index (χ3n) is 6.93. The van der Waals surface area contributed by atoms with Crippen LogP contribution < -0.4 is 5.32 Å². The maximum atomic E-state index is 9.04. The highest BCUT2D eigenvalue weighted by molar-refractivity contribution is 8.03. The maximum Gasteiger partial charge on any atom is 0.192 e. The van der Waals surface area contributed by atoms with E-state index >= 15 is 0 Å². The Morgan fingerprint density at radius 3 is 3.07 bits per heavy atom. The zero-order valence-corrected chi connectivity index (χ0v) is 18.1. The van der Waals surface area contributed by atoms with Gasteiger partial charge in [-0.2, -0.15) is 0 Å². The van der Waals surface area contributed by atoms with Crippen molar-refractivity contribution in [3.8, 4) is 0 Å². The topological polar surface area (TPSA) is 33.6 Å². The van der Waals surface area contributed by atoms with Gasteiger partial charge in [0.1, 0.15) is 5.76 Å². The average Bonchev–Trinajstić information content (AvgIpc) is 3.33. The number of nitrogens with zero attached hydrogens (tertiary/aromatic N) is 1. The number of allylic oxidation sites excluding steroid dienone is 1. The molecule has 4 heteroatoms. The van der Waals surface area contributed by atoms with E-state index in [0.29, 0.717) is 18.1 Å². The van der Waals surface area contributed by atoms with Gasteiger partial charge in [-0.15, -0.1) is 11.8 Å². The molecule has 0 spiro atoms. The minimum atomic E-state index is -2.14. The van der Waals surface area contributed by atoms with E-state index in [9.17, 15) is 0 Å². The Balaban J connectivity index is 1.50. The molecule has 2 saturated heterocycles. The van der Waals surface area contributed by atoms with Crippen molar-refractivity contribution in [3.05, 3.63) is 22.3 Å². The zero-order valence-electron chi connectivity index (χ0n) is 22.3. The van der Waals surface area contributed by atoms with Crippen LogP contribution in [0.2, 0.25) is 0 Å². The van der Waals surface area contributed by atoms with E-state index in [2.05, 4.69) is 16.4 Å². The van der Waals surface area contributed by atoms with Gasteiger partial charge in [-0.05, 0) is 67.1 Å². The molecule has 1 N–H and O–H groups in total. The Labute approximate surface area is 181 Å². The van der Waals surface area contributed by atoms with Crippen LogP contribution in [0.3, 0.4) is 0 Å². The van der Waals surface area contributed by atoms with Crippen LogP contribution in [0.15, 0.2) is 27.3 Å². The van der Waals surface area contributed by atoms with E-state index in [1.54, 1.807) is 0 Å². The summed E-state index contributed by atoms with van der Waals surface area (Å²) < 4.78 is 47.9. The standard InChI is InChI=1S/C24H36N2OS/c1-14-8-9-17-16-6-5-7-18(22(16)27-23(17)26-14)21-20-15(12-24(2,3)4)13-28-19(20)10-11-25-21/h10,15-17,20-21,23,25H,5-9,11-13H2,1-4H3/t15?,16-,17?,20-,21?,23?/m0/s1/i1D3,12D2. The third-order valence-corrected chi connectivity index (χ3v) is 8.23. The number of fused-ring (bicyclic) bond motifs is 4. The third kappa shape index (κ3) is 3.39. The van der Waals surface area contributed by atoms with Crippen LogP contribution in [-0.2, 0) is 4.74 Å². The number of nitrogens with one attached hydrogen (secondary N) is 1. The summed E-state index contributed by atoms with van der Waals surface area (Å²) >= 11 is 1.83. The largest absolute Gasteiger partial charge is 0.472 e. The van der Waals surface area contributed by atoms with Crippen molar-refractivity contribution in [3.63, 3.8) is 0 Å². The molecule has 0 bridgehead atoms. The molecule has 0 saturated carbocycles. The highest BCUT2D eigenvalue weighted by atomic mass is 32.2. The van der Waals surface area contributed by atoms with Gasteiger partial charge in [-0.1, -0.05) is 26.8 Å². The monoisotopic (exact) mass is 405 g/mol. The van der Waals surface area contributed by atoms with Crippen molar-refractivity contribution in [2.75, 3.05) is 12.3 Å². The van der Waals surface area contributed by atoms with Crippen LogP contribution in [0.5, 0.6) is 0 Å². The quantitative estimate of drug-likeness (QED) is 0.655. The van der Waals surface area contributed by atoms with Gasteiger partial charge in [-0.25, -0.2) is 0 Å². The molecule has 28 heavy (non-hydrogen) atoms. The summed E-state index contributed by atoms with van der Waals surface area (Å²) in [6.07, 6.45) is 5.05. The predicted octanol–water partition coefficient (Wildman–Crippen LogP) is 5.54. The van der Waals surface area contributed by atoms with Gasteiger partial charge in [0.2, 0.25) is 0 Å². The molecule has 4 unspecified atom stereocenters. The molecule has 0 radical (unpaired) electrons. The molecule has 0 amide bonds. The predicted molar refractivity (Wildman–Crippen MR) is 118 cm³/mol. The van der Waals surface area contributed by atoms with Gasteiger partial charge >= 0.3 is 0 Å². The van der Waals surface area contributed by atoms with Crippen molar-refractivity contribution in [2.24, 2.45) is 34.1 Å². The van der Waals surface area contributed by atoms with Crippen molar-refractivity contribution in [2.45, 2.75) is 78.4 Å². The molecule has 6 atom stereocenters. The summed E-state index contributed by atoms with van der Waals surface area (Å²) in [7, 11) is 0. The van der Waals surface area contributed by atoms with Gasteiger partial charge in [0.05, 0.1) is 0 Å². The van der Waals surface area contributed by atoms with Crippen molar-refractivity contribution < 1.29 is 11.6 Å². The molecule has 2 fully saturated rings. The zero-order chi connectivity index (χ0) is 23.8. The maximum absolute atomic E-state index is 9.04. The first kappa shape index (κ1) is 14.3. The van der Waals surface area contributed by atoms with Gasteiger partial charge in [0, 0.05) is 48.7 Å². The van der Waals surface area contributed by atoms with Crippen LogP contribution in [0, 0.1) is 29.1 Å². The highest BCUT2D eigenvalue weighted by Crippen LogP contribution is 2.53. The molecule has 0 aromatic heterocycles. The summed E-state index contributed by atoms with van der Waals surface area (Å²) in [4.78, 5) is 5.90. The number of hydrogen-bond acceptors (Lipinski definition) is 4. The molecule has 5 aliphatic rings. The first-order valence-corrected chi connectivity index (χ1v) is 11.9. The van der Waals surface area contributed by atoms with Crippen LogP contribution in [-0.4, -0.2) is 30.3 Å². The first-order chi connectivity index (χ1) is 15.4. The number of ether oxygens (including phenoxy) is 1. The smallest absolute Gasteiger partial charge is 0.192 e. The molecular formula is C24H36N2OS. The molecule has 0 aromatic carbocycles. The van der Waals surface area contributed by atoms with Crippen LogP contribution in [0.4, 0.5) is 0 Å². The summed E-state index contributed by atoms with van der Waals surface area (Å²) in [5, 5.41) is 3.72. The second-order valence-electron chi connectivity index (χ2n) is 10.0. The molecule has 4 heterocycles. The van der Waals surface area contributed by atoms with E-state index in [1.807, 2.05) is 32.5 Å². The lowest BCUT2D eigenvalue weighted by Crippen LogP contribution is -2.45. The molecule has 154 valence electrons. The lowest BCUT2D eigenvalue weighted by Gasteiger charge is -2.39. The molecule has 0 aromatic rings. The Kier molecular flexibility index (Phi) is 3.67. The van der Waals surface area contributed by atoms with E-state index in [0.717, 1.165) is 43.7 Å². The molecule has 3 nitrogen and oxygen atoms in total. The van der Waals surface area contributed by atoms with E-state index < -0.39 is 18.6 Å². The van der Waals surface area contributed by atoms with E-state index in [1.165, 1.54) is 10.5 Å². The van der Waals surface area contributed by atoms with Crippen molar-refractivity contribution >= 4 is 17.5 Å². The fraction of sp³-hybridized carbons (Fsp3) is 0.792. The molecule has 5 rings (SSSR count). The fourth-order valence-corrected chi connectivity index (χ4v) is 7.26. The number of rotatable bonds is 2. The Bertz CT molecular complexity index is 904. The number of aliphatic imine (C=N–C) groups is 1. The summed E-state index contributed by atoms with van der Waals surface area (Å²) in [5.41, 5.74) is 1.15. The normalized spacial score (nSPS) is 43.9. The average molecular weight is 406 g/mol. The van der Waals surface area contributed by atoms with Crippen LogP contribution in [0.25, 0.3) is 0 Å². The second-order valence-corrected chi connectivity index (χ2v) is 11.1. The van der Waals surface area contributed by atoms with E-state index in [4.69, 9.17) is 11.6 Å². The molecule has 4 aliphatic heterocycles. The van der Waals surface area contributed by atoms with E-state index in [-0.39, 0.29) is 30.0 Å². The van der Waals surface area contributed by atoms with Crippen LogP contribution >= 0.6 is 11.8 Å². The minimum absolute atomic E-state index is 0.0658. The first-order valence-electron chi connectivity index (χ1n) is 13.4. The lowest BCUT2D eigenvalue weighted by atomic mass is 9.71.